The lowest BCUT2D eigenvalue weighted by molar-refractivity contribution is -0.146. The van der Waals surface area contributed by atoms with Gasteiger partial charge in [-0.2, -0.15) is 0 Å². The number of aliphatic carboxylic acids is 1. The zero-order valence-corrected chi connectivity index (χ0v) is 10.7. The number of carbonyl (C=O) groups is 2. The number of hydrogen-bond acceptors (Lipinski definition) is 4. The monoisotopic (exact) mass is 259 g/mol. The minimum atomic E-state index is -1.11. The van der Waals surface area contributed by atoms with Crippen LogP contribution in [0.15, 0.2) is 0 Å². The van der Waals surface area contributed by atoms with Gasteiger partial charge in [-0.3, -0.25) is 9.59 Å². The maximum absolute atomic E-state index is 11.3. The normalized spacial score (nSPS) is 20.6. The Morgan fingerprint density at radius 3 is 2.94 bits per heavy atom. The molecule has 18 heavy (non-hydrogen) atoms. The van der Waals surface area contributed by atoms with E-state index in [9.17, 15) is 9.59 Å². The van der Waals surface area contributed by atoms with Crippen molar-refractivity contribution in [3.63, 3.8) is 0 Å². The minimum absolute atomic E-state index is 0.214. The van der Waals surface area contributed by atoms with Crippen LogP contribution in [0.4, 0.5) is 0 Å². The lowest BCUT2D eigenvalue weighted by Crippen LogP contribution is -2.34. The van der Waals surface area contributed by atoms with E-state index in [-0.39, 0.29) is 6.10 Å². The summed E-state index contributed by atoms with van der Waals surface area (Å²) in [5.74, 6) is -2.57. The summed E-state index contributed by atoms with van der Waals surface area (Å²) in [6.45, 7) is 3.76. The van der Waals surface area contributed by atoms with Crippen LogP contribution in [0.5, 0.6) is 0 Å². The van der Waals surface area contributed by atoms with Crippen molar-refractivity contribution in [2.45, 2.75) is 32.3 Å². The van der Waals surface area contributed by atoms with Gasteiger partial charge in [-0.05, 0) is 26.2 Å². The van der Waals surface area contributed by atoms with E-state index in [4.69, 9.17) is 14.6 Å². The van der Waals surface area contributed by atoms with Gasteiger partial charge in [0.1, 0.15) is 5.92 Å². The van der Waals surface area contributed by atoms with Crippen LogP contribution in [0.1, 0.15) is 26.2 Å². The number of amides is 1. The molecule has 1 aliphatic heterocycles. The smallest absolute Gasteiger partial charge is 0.315 e. The fourth-order valence-electron chi connectivity index (χ4n) is 1.64. The summed E-state index contributed by atoms with van der Waals surface area (Å²) in [7, 11) is 0. The maximum Gasteiger partial charge on any atom is 0.315 e. The Balaban J connectivity index is 1.94. The van der Waals surface area contributed by atoms with Gasteiger partial charge in [0.25, 0.3) is 0 Å². The third-order valence-corrected chi connectivity index (χ3v) is 2.86. The van der Waals surface area contributed by atoms with Crippen molar-refractivity contribution in [1.29, 1.82) is 0 Å². The molecule has 6 nitrogen and oxygen atoms in total. The zero-order chi connectivity index (χ0) is 13.4. The molecule has 1 saturated heterocycles. The summed E-state index contributed by atoms with van der Waals surface area (Å²) in [5.41, 5.74) is 0. The van der Waals surface area contributed by atoms with Crippen LogP contribution in [-0.2, 0) is 19.1 Å². The number of hydrogen-bond donors (Lipinski definition) is 2. The van der Waals surface area contributed by atoms with Gasteiger partial charge in [0, 0.05) is 19.8 Å². The van der Waals surface area contributed by atoms with Crippen molar-refractivity contribution in [3.05, 3.63) is 0 Å². The highest BCUT2D eigenvalue weighted by molar-refractivity contribution is 5.96. The molecule has 0 spiro atoms. The molecular weight excluding hydrogens is 238 g/mol. The number of ether oxygens (including phenoxy) is 2. The molecule has 104 valence electrons. The molecule has 0 saturated carbocycles. The van der Waals surface area contributed by atoms with Crippen LogP contribution in [0.2, 0.25) is 0 Å². The minimum Gasteiger partial charge on any atom is -0.481 e. The largest absolute Gasteiger partial charge is 0.481 e. The van der Waals surface area contributed by atoms with E-state index in [0.29, 0.717) is 26.2 Å². The first-order chi connectivity index (χ1) is 8.61. The second kappa shape index (κ2) is 8.05. The standard InChI is InChI=1S/C12H21NO5/c1-9(12(15)16)11(14)13-5-3-6-17-8-10-4-2-7-18-10/h9-10H,2-8H2,1H3,(H,13,14)(H,15,16). The molecule has 0 aromatic heterocycles. The van der Waals surface area contributed by atoms with Gasteiger partial charge in [0.15, 0.2) is 0 Å². The molecule has 6 heteroatoms. The van der Waals surface area contributed by atoms with Crippen LogP contribution in [0.3, 0.4) is 0 Å². The highest BCUT2D eigenvalue weighted by Crippen LogP contribution is 2.11. The van der Waals surface area contributed by atoms with E-state index in [1.165, 1.54) is 6.92 Å². The predicted octanol–water partition coefficient (Wildman–Crippen LogP) is 0.409. The summed E-state index contributed by atoms with van der Waals surface area (Å²) in [5, 5.41) is 11.2. The van der Waals surface area contributed by atoms with E-state index < -0.39 is 17.8 Å². The van der Waals surface area contributed by atoms with Crippen molar-refractivity contribution in [3.8, 4) is 0 Å². The Morgan fingerprint density at radius 2 is 2.33 bits per heavy atom. The first kappa shape index (κ1) is 14.9. The number of nitrogens with one attached hydrogen (secondary N) is 1. The molecule has 0 aromatic carbocycles. The lowest BCUT2D eigenvalue weighted by atomic mass is 10.2. The fraction of sp³-hybridized carbons (Fsp3) is 0.833. The summed E-state index contributed by atoms with van der Waals surface area (Å²) in [4.78, 5) is 21.8. The van der Waals surface area contributed by atoms with Crippen molar-refractivity contribution in [1.82, 2.24) is 5.32 Å². The van der Waals surface area contributed by atoms with E-state index >= 15 is 0 Å². The van der Waals surface area contributed by atoms with Crippen molar-refractivity contribution in [2.24, 2.45) is 5.92 Å². The average molecular weight is 259 g/mol. The Kier molecular flexibility index (Phi) is 6.67. The molecule has 2 atom stereocenters. The first-order valence-corrected chi connectivity index (χ1v) is 6.31. The first-order valence-electron chi connectivity index (χ1n) is 6.31. The SMILES string of the molecule is CC(C(=O)O)C(=O)NCCCOCC1CCCO1. The van der Waals surface area contributed by atoms with Crippen molar-refractivity contribution in [2.75, 3.05) is 26.4 Å². The third kappa shape index (κ3) is 5.46. The number of carbonyl (C=O) groups excluding carboxylic acids is 1. The van der Waals surface area contributed by atoms with Gasteiger partial charge in [-0.1, -0.05) is 0 Å². The third-order valence-electron chi connectivity index (χ3n) is 2.86. The van der Waals surface area contributed by atoms with Gasteiger partial charge in [0.05, 0.1) is 12.7 Å². The van der Waals surface area contributed by atoms with Gasteiger partial charge in [0.2, 0.25) is 5.91 Å². The van der Waals surface area contributed by atoms with Crippen LogP contribution in [0, 0.1) is 5.92 Å². The Hall–Kier alpha value is -1.14. The molecular formula is C12H21NO5. The predicted molar refractivity (Wildman–Crippen MR) is 64.2 cm³/mol. The molecule has 1 heterocycles. The van der Waals surface area contributed by atoms with Gasteiger partial charge in [-0.15, -0.1) is 0 Å². The molecule has 0 aromatic rings. The van der Waals surface area contributed by atoms with Crippen LogP contribution in [0.25, 0.3) is 0 Å². The Morgan fingerprint density at radius 1 is 1.56 bits per heavy atom. The average Bonchev–Trinajstić information content (AvgIpc) is 2.85. The number of rotatable bonds is 8. The molecule has 2 N–H and O–H groups in total. The molecule has 0 aliphatic carbocycles. The topological polar surface area (TPSA) is 84.9 Å². The zero-order valence-electron chi connectivity index (χ0n) is 10.7. The van der Waals surface area contributed by atoms with E-state index in [1.54, 1.807) is 0 Å². The Labute approximate surface area is 107 Å². The molecule has 0 bridgehead atoms. The second-order valence-corrected chi connectivity index (χ2v) is 4.41. The summed E-state index contributed by atoms with van der Waals surface area (Å²) in [6.07, 6.45) is 3.03. The second-order valence-electron chi connectivity index (χ2n) is 4.41. The molecule has 0 radical (unpaired) electrons. The van der Waals surface area contributed by atoms with Crippen LogP contribution in [-0.4, -0.2) is 49.5 Å². The van der Waals surface area contributed by atoms with E-state index in [0.717, 1.165) is 19.4 Å². The summed E-state index contributed by atoms with van der Waals surface area (Å²) >= 11 is 0. The quantitative estimate of drug-likeness (QED) is 0.487. The number of carboxylic acid groups (broad SMARTS) is 1. The number of carboxylic acids is 1. The Bertz CT molecular complexity index is 276. The van der Waals surface area contributed by atoms with Crippen LogP contribution < -0.4 is 5.32 Å². The van der Waals surface area contributed by atoms with Gasteiger partial charge in [-0.25, -0.2) is 0 Å². The molecule has 1 rings (SSSR count). The summed E-state index contributed by atoms with van der Waals surface area (Å²) in [6, 6.07) is 0. The summed E-state index contributed by atoms with van der Waals surface area (Å²) < 4.78 is 10.8. The molecule has 2 unspecified atom stereocenters. The van der Waals surface area contributed by atoms with E-state index in [1.807, 2.05) is 0 Å². The van der Waals surface area contributed by atoms with Crippen LogP contribution >= 0.6 is 0 Å². The van der Waals surface area contributed by atoms with Gasteiger partial charge < -0.3 is 19.9 Å². The fourth-order valence-corrected chi connectivity index (χ4v) is 1.64. The highest BCUT2D eigenvalue weighted by atomic mass is 16.5. The molecule has 1 aliphatic rings. The maximum atomic E-state index is 11.3. The van der Waals surface area contributed by atoms with Crippen molar-refractivity contribution >= 4 is 11.9 Å². The lowest BCUT2D eigenvalue weighted by Gasteiger charge is -2.11. The molecule has 1 fully saturated rings. The molecule has 1 amide bonds. The van der Waals surface area contributed by atoms with E-state index in [2.05, 4.69) is 5.32 Å². The van der Waals surface area contributed by atoms with Gasteiger partial charge >= 0.3 is 5.97 Å². The highest BCUT2D eigenvalue weighted by Gasteiger charge is 2.19. The van der Waals surface area contributed by atoms with Crippen molar-refractivity contribution < 1.29 is 24.2 Å².